The number of anilines is 1. The van der Waals surface area contributed by atoms with Crippen LogP contribution in [0.3, 0.4) is 0 Å². The van der Waals surface area contributed by atoms with Crippen LogP contribution in [0.1, 0.15) is 36.5 Å². The Hall–Kier alpha value is -1.55. The minimum Gasteiger partial charge on any atom is -0.378 e. The highest BCUT2D eigenvalue weighted by molar-refractivity contribution is 5.95. The van der Waals surface area contributed by atoms with Crippen molar-refractivity contribution in [3.8, 4) is 0 Å². The minimum atomic E-state index is 0.0414. The smallest absolute Gasteiger partial charge is 0.251 e. The van der Waals surface area contributed by atoms with E-state index in [2.05, 4.69) is 17.1 Å². The van der Waals surface area contributed by atoms with Gasteiger partial charge >= 0.3 is 0 Å². The summed E-state index contributed by atoms with van der Waals surface area (Å²) in [5.41, 5.74) is 1.80. The van der Waals surface area contributed by atoms with Crippen LogP contribution in [0.25, 0.3) is 0 Å². The molecule has 0 unspecified atom stereocenters. The third-order valence-corrected chi connectivity index (χ3v) is 4.42. The Kier molecular flexibility index (Phi) is 6.25. The van der Waals surface area contributed by atoms with Gasteiger partial charge < -0.3 is 15.1 Å². The molecular weight excluding hydrogens is 274 g/mol. The van der Waals surface area contributed by atoms with Gasteiger partial charge in [-0.3, -0.25) is 4.79 Å². The van der Waals surface area contributed by atoms with Crippen molar-refractivity contribution in [3.05, 3.63) is 29.8 Å². The fourth-order valence-electron chi connectivity index (χ4n) is 2.99. The van der Waals surface area contributed by atoms with Crippen molar-refractivity contribution in [2.24, 2.45) is 5.92 Å². The molecule has 0 atom stereocenters. The lowest BCUT2D eigenvalue weighted by atomic mass is 9.96. The first kappa shape index (κ1) is 16.8. The fraction of sp³-hybridized carbons (Fsp3) is 0.611. The van der Waals surface area contributed by atoms with Crippen LogP contribution in [0.2, 0.25) is 0 Å². The van der Waals surface area contributed by atoms with E-state index in [-0.39, 0.29) is 5.91 Å². The predicted molar refractivity (Wildman–Crippen MR) is 92.6 cm³/mol. The Morgan fingerprint density at radius 1 is 1.32 bits per heavy atom. The summed E-state index contributed by atoms with van der Waals surface area (Å²) in [7, 11) is 3.97. The SMILES string of the molecule is CCCN1CCC(CNC(=O)c2cccc(N(C)C)c2)CC1. The highest BCUT2D eigenvalue weighted by Gasteiger charge is 2.19. The summed E-state index contributed by atoms with van der Waals surface area (Å²) in [4.78, 5) is 16.8. The largest absolute Gasteiger partial charge is 0.378 e. The molecule has 1 saturated heterocycles. The number of nitrogens with zero attached hydrogens (tertiary/aromatic N) is 2. The van der Waals surface area contributed by atoms with Crippen LogP contribution in [0, 0.1) is 5.92 Å². The summed E-state index contributed by atoms with van der Waals surface area (Å²) in [5, 5.41) is 3.11. The van der Waals surface area contributed by atoms with Crippen LogP contribution in [0.4, 0.5) is 5.69 Å². The van der Waals surface area contributed by atoms with Crippen molar-refractivity contribution in [1.29, 1.82) is 0 Å². The second-order valence-electron chi connectivity index (χ2n) is 6.44. The molecule has 1 aromatic carbocycles. The molecular formula is C18H29N3O. The fourth-order valence-corrected chi connectivity index (χ4v) is 2.99. The molecule has 4 heteroatoms. The summed E-state index contributed by atoms with van der Waals surface area (Å²) < 4.78 is 0. The summed E-state index contributed by atoms with van der Waals surface area (Å²) in [6, 6.07) is 7.78. The zero-order chi connectivity index (χ0) is 15.9. The van der Waals surface area contributed by atoms with Crippen molar-refractivity contribution in [3.63, 3.8) is 0 Å². The number of hydrogen-bond donors (Lipinski definition) is 1. The maximum absolute atomic E-state index is 12.3. The Morgan fingerprint density at radius 2 is 2.05 bits per heavy atom. The van der Waals surface area contributed by atoms with Gasteiger partial charge in [0, 0.05) is 31.9 Å². The van der Waals surface area contributed by atoms with E-state index in [0.29, 0.717) is 5.92 Å². The molecule has 0 spiro atoms. The van der Waals surface area contributed by atoms with Gasteiger partial charge in [0.2, 0.25) is 0 Å². The van der Waals surface area contributed by atoms with Gasteiger partial charge in [-0.05, 0) is 63.0 Å². The predicted octanol–water partition coefficient (Wildman–Crippen LogP) is 2.60. The van der Waals surface area contributed by atoms with Gasteiger partial charge in [-0.1, -0.05) is 13.0 Å². The highest BCUT2D eigenvalue weighted by atomic mass is 16.1. The Morgan fingerprint density at radius 3 is 2.68 bits per heavy atom. The van der Waals surface area contributed by atoms with Crippen LogP contribution in [0.5, 0.6) is 0 Å². The lowest BCUT2D eigenvalue weighted by molar-refractivity contribution is 0.0936. The molecule has 0 bridgehead atoms. The van der Waals surface area contributed by atoms with Crippen LogP contribution in [-0.2, 0) is 0 Å². The summed E-state index contributed by atoms with van der Waals surface area (Å²) >= 11 is 0. The third-order valence-electron chi connectivity index (χ3n) is 4.42. The highest BCUT2D eigenvalue weighted by Crippen LogP contribution is 2.17. The molecule has 1 N–H and O–H groups in total. The van der Waals surface area contributed by atoms with Crippen molar-refractivity contribution in [2.45, 2.75) is 26.2 Å². The molecule has 1 aromatic rings. The number of carbonyl (C=O) groups is 1. The monoisotopic (exact) mass is 303 g/mol. The maximum Gasteiger partial charge on any atom is 0.251 e. The summed E-state index contributed by atoms with van der Waals surface area (Å²) in [6.45, 7) is 6.57. The first-order valence-corrected chi connectivity index (χ1v) is 8.38. The number of amides is 1. The zero-order valence-corrected chi connectivity index (χ0v) is 14.1. The number of benzene rings is 1. The van der Waals surface area contributed by atoms with Gasteiger partial charge in [-0.15, -0.1) is 0 Å². The van der Waals surface area contributed by atoms with E-state index in [9.17, 15) is 4.79 Å². The molecule has 1 amide bonds. The Labute approximate surface area is 134 Å². The number of hydrogen-bond acceptors (Lipinski definition) is 3. The molecule has 1 aliphatic rings. The van der Waals surface area contributed by atoms with Gasteiger partial charge in [0.05, 0.1) is 0 Å². The van der Waals surface area contributed by atoms with Crippen molar-refractivity contribution in [1.82, 2.24) is 10.2 Å². The van der Waals surface area contributed by atoms with E-state index in [1.54, 1.807) is 0 Å². The lowest BCUT2D eigenvalue weighted by Gasteiger charge is -2.31. The molecule has 2 rings (SSSR count). The van der Waals surface area contributed by atoms with Gasteiger partial charge in [0.1, 0.15) is 0 Å². The second kappa shape index (κ2) is 8.18. The van der Waals surface area contributed by atoms with E-state index in [1.165, 1.54) is 38.9 Å². The van der Waals surface area contributed by atoms with Gasteiger partial charge in [0.25, 0.3) is 5.91 Å². The van der Waals surface area contributed by atoms with Crippen LogP contribution in [0.15, 0.2) is 24.3 Å². The number of nitrogens with one attached hydrogen (secondary N) is 1. The second-order valence-corrected chi connectivity index (χ2v) is 6.44. The summed E-state index contributed by atoms with van der Waals surface area (Å²) in [6.07, 6.45) is 3.61. The standard InChI is InChI=1S/C18H29N3O/c1-4-10-21-11-8-15(9-12-21)14-19-18(22)16-6-5-7-17(13-16)20(2)3/h5-7,13,15H,4,8-12,14H2,1-3H3,(H,19,22). The van der Waals surface area contributed by atoms with Crippen LogP contribution >= 0.6 is 0 Å². The van der Waals surface area contributed by atoms with E-state index in [1.807, 2.05) is 43.3 Å². The number of piperidine rings is 1. The van der Waals surface area contributed by atoms with E-state index in [4.69, 9.17) is 0 Å². The third kappa shape index (κ3) is 4.73. The first-order valence-electron chi connectivity index (χ1n) is 8.38. The first-order chi connectivity index (χ1) is 10.6. The van der Waals surface area contributed by atoms with Crippen molar-refractivity contribution >= 4 is 11.6 Å². The van der Waals surface area contributed by atoms with Crippen LogP contribution in [-0.4, -0.2) is 51.1 Å². The Balaban J connectivity index is 1.80. The number of likely N-dealkylation sites (tertiary alicyclic amines) is 1. The molecule has 22 heavy (non-hydrogen) atoms. The molecule has 0 aliphatic carbocycles. The molecule has 0 saturated carbocycles. The molecule has 122 valence electrons. The van der Waals surface area contributed by atoms with Crippen molar-refractivity contribution in [2.75, 3.05) is 45.2 Å². The zero-order valence-electron chi connectivity index (χ0n) is 14.1. The molecule has 0 aromatic heterocycles. The quantitative estimate of drug-likeness (QED) is 0.877. The molecule has 0 radical (unpaired) electrons. The number of carbonyl (C=O) groups excluding carboxylic acids is 1. The molecule has 1 aliphatic heterocycles. The average molecular weight is 303 g/mol. The van der Waals surface area contributed by atoms with E-state index < -0.39 is 0 Å². The maximum atomic E-state index is 12.3. The van der Waals surface area contributed by atoms with Crippen molar-refractivity contribution < 1.29 is 4.79 Å². The van der Waals surface area contributed by atoms with Gasteiger partial charge in [-0.25, -0.2) is 0 Å². The minimum absolute atomic E-state index is 0.0414. The topological polar surface area (TPSA) is 35.6 Å². The Bertz CT molecular complexity index is 479. The average Bonchev–Trinajstić information content (AvgIpc) is 2.54. The van der Waals surface area contributed by atoms with Gasteiger partial charge in [-0.2, -0.15) is 0 Å². The van der Waals surface area contributed by atoms with E-state index in [0.717, 1.165) is 17.8 Å². The molecule has 4 nitrogen and oxygen atoms in total. The lowest BCUT2D eigenvalue weighted by Crippen LogP contribution is -2.38. The van der Waals surface area contributed by atoms with Crippen LogP contribution < -0.4 is 10.2 Å². The molecule has 1 heterocycles. The van der Waals surface area contributed by atoms with E-state index >= 15 is 0 Å². The normalized spacial score (nSPS) is 16.5. The van der Waals surface area contributed by atoms with Gasteiger partial charge in [0.15, 0.2) is 0 Å². The summed E-state index contributed by atoms with van der Waals surface area (Å²) in [5.74, 6) is 0.661. The molecule has 1 fully saturated rings. The number of rotatable bonds is 6.